The molecule has 24 heavy (non-hydrogen) atoms. The summed E-state index contributed by atoms with van der Waals surface area (Å²) in [6.45, 7) is 20.5. The molecule has 1 aliphatic heterocycles. The first-order valence-corrected chi connectivity index (χ1v) is 9.81. The quantitative estimate of drug-likeness (QED) is 0.636. The molecule has 0 N–H and O–H groups in total. The number of hydrogen-bond acceptors (Lipinski definition) is 3. The number of hydrogen-bond donors (Lipinski definition) is 0. The second kappa shape index (κ2) is 7.88. The van der Waals surface area contributed by atoms with Gasteiger partial charge in [-0.3, -0.25) is 4.90 Å². The van der Waals surface area contributed by atoms with Gasteiger partial charge in [-0.05, 0) is 51.4 Å². The Morgan fingerprint density at radius 1 is 1.25 bits per heavy atom. The predicted octanol–water partition coefficient (Wildman–Crippen LogP) is 5.01. The van der Waals surface area contributed by atoms with Crippen LogP contribution >= 0.6 is 0 Å². The molecule has 1 saturated carbocycles. The molecule has 0 bridgehead atoms. The van der Waals surface area contributed by atoms with Gasteiger partial charge in [-0.2, -0.15) is 0 Å². The van der Waals surface area contributed by atoms with Crippen molar-refractivity contribution in [3.8, 4) is 0 Å². The van der Waals surface area contributed by atoms with E-state index < -0.39 is 0 Å². The standard InChI is InChI=1S/C21H39NO2/c1-16(2)14-22(17(3)4)13-10-19-15-23-21(24-19)11-8-18(9-12-21)20(5,6)7/h17-19H,1,8-15H2,2-7H3. The van der Waals surface area contributed by atoms with Gasteiger partial charge in [0.2, 0.25) is 0 Å². The lowest BCUT2D eigenvalue weighted by Gasteiger charge is -2.41. The Labute approximate surface area is 149 Å². The molecular weight excluding hydrogens is 298 g/mol. The van der Waals surface area contributed by atoms with Crippen LogP contribution in [0.3, 0.4) is 0 Å². The molecule has 2 aliphatic rings. The van der Waals surface area contributed by atoms with Crippen molar-refractivity contribution in [1.29, 1.82) is 0 Å². The lowest BCUT2D eigenvalue weighted by Crippen LogP contribution is -2.39. The minimum Gasteiger partial charge on any atom is -0.347 e. The second-order valence-corrected chi connectivity index (χ2v) is 9.41. The molecule has 0 aromatic carbocycles. The van der Waals surface area contributed by atoms with Crippen LogP contribution in [-0.4, -0.2) is 42.5 Å². The Kier molecular flexibility index (Phi) is 6.55. The van der Waals surface area contributed by atoms with E-state index in [9.17, 15) is 0 Å². The summed E-state index contributed by atoms with van der Waals surface area (Å²) < 4.78 is 12.6. The zero-order valence-electron chi connectivity index (χ0n) is 16.9. The fraction of sp³-hybridized carbons (Fsp3) is 0.905. The Hall–Kier alpha value is -0.380. The maximum absolute atomic E-state index is 6.41. The highest BCUT2D eigenvalue weighted by Gasteiger charge is 2.45. The lowest BCUT2D eigenvalue weighted by molar-refractivity contribution is -0.197. The minimum atomic E-state index is -0.274. The van der Waals surface area contributed by atoms with Gasteiger partial charge in [0, 0.05) is 32.0 Å². The Morgan fingerprint density at radius 2 is 1.88 bits per heavy atom. The number of ether oxygens (including phenoxy) is 2. The number of rotatable bonds is 6. The third-order valence-electron chi connectivity index (χ3n) is 5.83. The molecular formula is C21H39NO2. The van der Waals surface area contributed by atoms with E-state index in [0.717, 1.165) is 44.9 Å². The first-order chi connectivity index (χ1) is 11.1. The SMILES string of the molecule is C=C(C)CN(CCC1COC2(CCC(C(C)(C)C)CC2)O1)C(C)C. The molecule has 0 amide bonds. The van der Waals surface area contributed by atoms with Crippen LogP contribution in [0.5, 0.6) is 0 Å². The van der Waals surface area contributed by atoms with Crippen molar-refractivity contribution >= 4 is 0 Å². The van der Waals surface area contributed by atoms with E-state index in [2.05, 4.69) is 53.0 Å². The van der Waals surface area contributed by atoms with E-state index in [0.29, 0.717) is 11.5 Å². The minimum absolute atomic E-state index is 0.252. The van der Waals surface area contributed by atoms with E-state index in [1.807, 2.05) is 0 Å². The van der Waals surface area contributed by atoms with Gasteiger partial charge in [-0.15, -0.1) is 0 Å². The van der Waals surface area contributed by atoms with Crippen LogP contribution in [-0.2, 0) is 9.47 Å². The first-order valence-electron chi connectivity index (χ1n) is 9.81. The summed E-state index contributed by atoms with van der Waals surface area (Å²) in [6.07, 6.45) is 5.88. The molecule has 140 valence electrons. The molecule has 1 heterocycles. The molecule has 2 rings (SSSR count). The molecule has 3 heteroatoms. The van der Waals surface area contributed by atoms with Crippen molar-refractivity contribution in [3.63, 3.8) is 0 Å². The molecule has 1 saturated heterocycles. The maximum Gasteiger partial charge on any atom is 0.168 e. The van der Waals surface area contributed by atoms with E-state index in [1.165, 1.54) is 18.4 Å². The van der Waals surface area contributed by atoms with Crippen LogP contribution < -0.4 is 0 Å². The highest BCUT2D eigenvalue weighted by molar-refractivity contribution is 4.93. The van der Waals surface area contributed by atoms with Crippen LogP contribution in [0.15, 0.2) is 12.2 Å². The average Bonchev–Trinajstić information content (AvgIpc) is 2.85. The lowest BCUT2D eigenvalue weighted by atomic mass is 9.71. The predicted molar refractivity (Wildman–Crippen MR) is 101 cm³/mol. The summed E-state index contributed by atoms with van der Waals surface area (Å²) >= 11 is 0. The summed E-state index contributed by atoms with van der Waals surface area (Å²) in [6, 6.07) is 0.542. The maximum atomic E-state index is 6.41. The van der Waals surface area contributed by atoms with Crippen LogP contribution in [0.1, 0.15) is 73.6 Å². The molecule has 1 atom stereocenters. The summed E-state index contributed by atoms with van der Waals surface area (Å²) in [5.41, 5.74) is 1.63. The molecule has 0 aromatic heterocycles. The summed E-state index contributed by atoms with van der Waals surface area (Å²) in [5, 5.41) is 0. The summed E-state index contributed by atoms with van der Waals surface area (Å²) in [7, 11) is 0. The van der Waals surface area contributed by atoms with Crippen molar-refractivity contribution in [2.24, 2.45) is 11.3 Å². The zero-order chi connectivity index (χ0) is 18.0. The second-order valence-electron chi connectivity index (χ2n) is 9.41. The first kappa shape index (κ1) is 19.9. The summed E-state index contributed by atoms with van der Waals surface area (Å²) in [4.78, 5) is 2.48. The van der Waals surface area contributed by atoms with Crippen molar-refractivity contribution < 1.29 is 9.47 Å². The van der Waals surface area contributed by atoms with E-state index in [4.69, 9.17) is 9.47 Å². The normalized spacial score (nSPS) is 31.3. The topological polar surface area (TPSA) is 21.7 Å². The van der Waals surface area contributed by atoms with Crippen LogP contribution in [0.2, 0.25) is 0 Å². The van der Waals surface area contributed by atoms with Crippen molar-refractivity contribution in [3.05, 3.63) is 12.2 Å². The van der Waals surface area contributed by atoms with Crippen LogP contribution in [0, 0.1) is 11.3 Å². The Balaban J connectivity index is 1.80. The fourth-order valence-electron chi connectivity index (χ4n) is 4.12. The van der Waals surface area contributed by atoms with Crippen molar-refractivity contribution in [2.45, 2.75) is 91.6 Å². The third-order valence-corrected chi connectivity index (χ3v) is 5.83. The van der Waals surface area contributed by atoms with Gasteiger partial charge in [0.05, 0.1) is 12.7 Å². The van der Waals surface area contributed by atoms with Gasteiger partial charge < -0.3 is 9.47 Å². The Morgan fingerprint density at radius 3 is 2.38 bits per heavy atom. The van der Waals surface area contributed by atoms with Gasteiger partial charge >= 0.3 is 0 Å². The fourth-order valence-corrected chi connectivity index (χ4v) is 4.12. The average molecular weight is 338 g/mol. The molecule has 0 aromatic rings. The highest BCUT2D eigenvalue weighted by Crippen LogP contribution is 2.45. The monoisotopic (exact) mass is 337 g/mol. The molecule has 1 unspecified atom stereocenters. The van der Waals surface area contributed by atoms with Gasteiger partial charge in [0.1, 0.15) is 0 Å². The molecule has 3 nitrogen and oxygen atoms in total. The third kappa shape index (κ3) is 5.31. The van der Waals surface area contributed by atoms with Gasteiger partial charge in [-0.25, -0.2) is 0 Å². The van der Waals surface area contributed by atoms with E-state index in [1.54, 1.807) is 0 Å². The summed E-state index contributed by atoms with van der Waals surface area (Å²) in [5.74, 6) is 0.519. The Bertz CT molecular complexity index is 416. The van der Waals surface area contributed by atoms with Gasteiger partial charge in [0.15, 0.2) is 5.79 Å². The van der Waals surface area contributed by atoms with Crippen LogP contribution in [0.4, 0.5) is 0 Å². The van der Waals surface area contributed by atoms with Gasteiger partial charge in [-0.1, -0.05) is 32.9 Å². The van der Waals surface area contributed by atoms with Gasteiger partial charge in [0.25, 0.3) is 0 Å². The molecule has 2 fully saturated rings. The molecule has 1 spiro atoms. The van der Waals surface area contributed by atoms with E-state index in [-0.39, 0.29) is 11.9 Å². The highest BCUT2D eigenvalue weighted by atomic mass is 16.7. The van der Waals surface area contributed by atoms with Crippen molar-refractivity contribution in [1.82, 2.24) is 4.90 Å². The number of nitrogens with zero attached hydrogens (tertiary/aromatic N) is 1. The molecule has 1 aliphatic carbocycles. The largest absolute Gasteiger partial charge is 0.347 e. The van der Waals surface area contributed by atoms with Crippen molar-refractivity contribution in [2.75, 3.05) is 19.7 Å². The molecule has 0 radical (unpaired) electrons. The van der Waals surface area contributed by atoms with E-state index >= 15 is 0 Å². The zero-order valence-corrected chi connectivity index (χ0v) is 16.9. The smallest absolute Gasteiger partial charge is 0.168 e. The van der Waals surface area contributed by atoms with Crippen LogP contribution in [0.25, 0.3) is 0 Å².